The molecule has 0 bridgehead atoms. The Bertz CT molecular complexity index is 571. The van der Waals surface area contributed by atoms with Crippen molar-refractivity contribution < 1.29 is 18.3 Å². The summed E-state index contributed by atoms with van der Waals surface area (Å²) < 4.78 is 33.0. The molecule has 1 aliphatic rings. The van der Waals surface area contributed by atoms with Gasteiger partial charge in [-0.1, -0.05) is 6.07 Å². The molecule has 0 spiro atoms. The fourth-order valence-electron chi connectivity index (χ4n) is 2.31. The number of fused-ring (bicyclic) bond motifs is 1. The number of anilines is 1. The van der Waals surface area contributed by atoms with Gasteiger partial charge in [0.05, 0.1) is 13.0 Å². The molecule has 2 heterocycles. The highest BCUT2D eigenvalue weighted by Gasteiger charge is 2.31. The van der Waals surface area contributed by atoms with E-state index < -0.39 is 30.6 Å². The minimum atomic E-state index is -3.09. The largest absolute Gasteiger partial charge is 0.444 e. The summed E-state index contributed by atoms with van der Waals surface area (Å²) in [4.78, 5) is 15.7. The maximum absolute atomic E-state index is 14.0. The predicted molar refractivity (Wildman–Crippen MR) is 83.9 cm³/mol. The van der Waals surface area contributed by atoms with Crippen molar-refractivity contribution in [2.75, 3.05) is 18.4 Å². The van der Waals surface area contributed by atoms with Crippen LogP contribution >= 0.6 is 0 Å². The zero-order chi connectivity index (χ0) is 17.1. The third-order valence-electron chi connectivity index (χ3n) is 3.28. The van der Waals surface area contributed by atoms with E-state index in [0.29, 0.717) is 11.5 Å². The van der Waals surface area contributed by atoms with Crippen molar-refractivity contribution in [3.05, 3.63) is 23.4 Å². The SMILES string of the molecule is CC(C)(C)OC(=O)NCC(F)(F)Cc1ccc2c(n1)NCCC2. The van der Waals surface area contributed by atoms with Gasteiger partial charge >= 0.3 is 6.09 Å². The van der Waals surface area contributed by atoms with Crippen LogP contribution in [0.25, 0.3) is 0 Å². The molecule has 128 valence electrons. The quantitative estimate of drug-likeness (QED) is 0.892. The molecule has 7 heteroatoms. The lowest BCUT2D eigenvalue weighted by Gasteiger charge is -2.22. The topological polar surface area (TPSA) is 63.2 Å². The molecule has 0 fully saturated rings. The zero-order valence-corrected chi connectivity index (χ0v) is 13.7. The fourth-order valence-corrected chi connectivity index (χ4v) is 2.31. The summed E-state index contributed by atoms with van der Waals surface area (Å²) in [5, 5.41) is 5.23. The first-order valence-corrected chi connectivity index (χ1v) is 7.72. The van der Waals surface area contributed by atoms with Gasteiger partial charge in [0.25, 0.3) is 5.92 Å². The lowest BCUT2D eigenvalue weighted by Crippen LogP contribution is -2.41. The van der Waals surface area contributed by atoms with Crippen LogP contribution in [0.4, 0.5) is 19.4 Å². The number of alkyl halides is 2. The molecule has 0 radical (unpaired) electrons. The molecule has 1 aromatic rings. The molecule has 23 heavy (non-hydrogen) atoms. The van der Waals surface area contributed by atoms with Crippen LogP contribution in [0, 0.1) is 0 Å². The van der Waals surface area contributed by atoms with Gasteiger partial charge < -0.3 is 15.4 Å². The summed E-state index contributed by atoms with van der Waals surface area (Å²) in [6, 6.07) is 3.45. The molecule has 2 N–H and O–H groups in total. The molecule has 1 aromatic heterocycles. The summed E-state index contributed by atoms with van der Waals surface area (Å²) in [6.07, 6.45) is 0.547. The average molecular weight is 327 g/mol. The molecule has 1 aliphatic heterocycles. The second kappa shape index (κ2) is 6.68. The standard InChI is InChI=1S/C16H23F2N3O2/c1-15(2,3)23-14(22)20-10-16(17,18)9-12-7-6-11-5-4-8-19-13(11)21-12/h6-7H,4-5,8-10H2,1-3H3,(H,19,21)(H,20,22). The Morgan fingerprint density at radius 1 is 1.39 bits per heavy atom. The van der Waals surface area contributed by atoms with Crippen molar-refractivity contribution in [1.82, 2.24) is 10.3 Å². The highest BCUT2D eigenvalue weighted by atomic mass is 19.3. The van der Waals surface area contributed by atoms with Crippen LogP contribution in [-0.2, 0) is 17.6 Å². The van der Waals surface area contributed by atoms with Crippen molar-refractivity contribution >= 4 is 11.9 Å². The number of amides is 1. The molecule has 0 aliphatic carbocycles. The average Bonchev–Trinajstić information content (AvgIpc) is 2.43. The van der Waals surface area contributed by atoms with E-state index in [9.17, 15) is 13.6 Å². The molecule has 2 rings (SSSR count). The lowest BCUT2D eigenvalue weighted by molar-refractivity contribution is -0.00483. The molecule has 5 nitrogen and oxygen atoms in total. The fraction of sp³-hybridized carbons (Fsp3) is 0.625. The van der Waals surface area contributed by atoms with Gasteiger partial charge in [-0.05, 0) is 45.2 Å². The van der Waals surface area contributed by atoms with E-state index in [1.807, 2.05) is 6.07 Å². The third-order valence-corrected chi connectivity index (χ3v) is 3.28. The van der Waals surface area contributed by atoms with Crippen LogP contribution in [-0.4, -0.2) is 35.7 Å². The molecule has 1 amide bonds. The van der Waals surface area contributed by atoms with Crippen LogP contribution < -0.4 is 10.6 Å². The second-order valence-electron chi connectivity index (χ2n) is 6.73. The molecular formula is C16H23F2N3O2. The Balaban J connectivity index is 1.91. The molecule has 0 saturated carbocycles. The van der Waals surface area contributed by atoms with Crippen molar-refractivity contribution in [2.45, 2.75) is 51.6 Å². The number of hydrogen-bond donors (Lipinski definition) is 2. The van der Waals surface area contributed by atoms with E-state index in [4.69, 9.17) is 4.74 Å². The van der Waals surface area contributed by atoms with Gasteiger partial charge in [-0.15, -0.1) is 0 Å². The number of pyridine rings is 1. The minimum absolute atomic E-state index is 0.300. The van der Waals surface area contributed by atoms with Crippen LogP contribution in [0.1, 0.15) is 38.4 Å². The smallest absolute Gasteiger partial charge is 0.407 e. The number of carbonyl (C=O) groups is 1. The Hall–Kier alpha value is -1.92. The van der Waals surface area contributed by atoms with Crippen molar-refractivity contribution in [1.29, 1.82) is 0 Å². The van der Waals surface area contributed by atoms with E-state index in [0.717, 1.165) is 24.9 Å². The third kappa shape index (κ3) is 5.65. The Kier molecular flexibility index (Phi) is 5.06. The zero-order valence-electron chi connectivity index (χ0n) is 13.7. The minimum Gasteiger partial charge on any atom is -0.444 e. The Labute approximate surface area is 134 Å². The van der Waals surface area contributed by atoms with E-state index in [-0.39, 0.29) is 0 Å². The summed E-state index contributed by atoms with van der Waals surface area (Å²) in [6.45, 7) is 5.05. The van der Waals surface area contributed by atoms with E-state index in [1.165, 1.54) is 0 Å². The Morgan fingerprint density at radius 3 is 2.83 bits per heavy atom. The number of nitrogens with zero attached hydrogens (tertiary/aromatic N) is 1. The van der Waals surface area contributed by atoms with Crippen LogP contribution in [0.15, 0.2) is 12.1 Å². The maximum Gasteiger partial charge on any atom is 0.407 e. The van der Waals surface area contributed by atoms with Crippen molar-refractivity contribution in [2.24, 2.45) is 0 Å². The number of carbonyl (C=O) groups excluding carboxylic acids is 1. The van der Waals surface area contributed by atoms with E-state index >= 15 is 0 Å². The first-order chi connectivity index (χ1) is 10.6. The van der Waals surface area contributed by atoms with Gasteiger partial charge in [0, 0.05) is 12.2 Å². The van der Waals surface area contributed by atoms with Crippen LogP contribution in [0.5, 0.6) is 0 Å². The molecular weight excluding hydrogens is 304 g/mol. The molecule has 0 aromatic carbocycles. The van der Waals surface area contributed by atoms with Gasteiger partial charge in [-0.2, -0.15) is 0 Å². The number of hydrogen-bond acceptors (Lipinski definition) is 4. The highest BCUT2D eigenvalue weighted by molar-refractivity contribution is 5.67. The summed E-state index contributed by atoms with van der Waals surface area (Å²) in [5.74, 6) is -2.41. The molecule has 0 saturated heterocycles. The van der Waals surface area contributed by atoms with Crippen LogP contribution in [0.2, 0.25) is 0 Å². The Morgan fingerprint density at radius 2 is 2.13 bits per heavy atom. The van der Waals surface area contributed by atoms with E-state index in [2.05, 4.69) is 15.6 Å². The highest BCUT2D eigenvalue weighted by Crippen LogP contribution is 2.23. The van der Waals surface area contributed by atoms with E-state index in [1.54, 1.807) is 26.8 Å². The predicted octanol–water partition coefficient (Wildman–Crippen LogP) is 3.14. The molecule has 0 atom stereocenters. The summed E-state index contributed by atoms with van der Waals surface area (Å²) >= 11 is 0. The lowest BCUT2D eigenvalue weighted by atomic mass is 10.1. The van der Waals surface area contributed by atoms with Gasteiger partial charge in [-0.25, -0.2) is 18.6 Å². The monoisotopic (exact) mass is 327 g/mol. The van der Waals surface area contributed by atoms with Gasteiger partial charge in [0.1, 0.15) is 11.4 Å². The summed E-state index contributed by atoms with van der Waals surface area (Å²) in [7, 11) is 0. The van der Waals surface area contributed by atoms with Crippen molar-refractivity contribution in [3.63, 3.8) is 0 Å². The first kappa shape index (κ1) is 17.4. The summed E-state index contributed by atoms with van der Waals surface area (Å²) in [5.41, 5.74) is 0.634. The number of alkyl carbamates (subject to hydrolysis) is 1. The molecule has 0 unspecified atom stereocenters. The van der Waals surface area contributed by atoms with Gasteiger partial charge in [0.15, 0.2) is 0 Å². The maximum atomic E-state index is 14.0. The number of aromatic nitrogens is 1. The number of aryl methyl sites for hydroxylation is 1. The number of rotatable bonds is 4. The second-order valence-corrected chi connectivity index (χ2v) is 6.73. The van der Waals surface area contributed by atoms with Crippen molar-refractivity contribution in [3.8, 4) is 0 Å². The first-order valence-electron chi connectivity index (χ1n) is 7.72. The number of nitrogens with one attached hydrogen (secondary N) is 2. The van der Waals surface area contributed by atoms with Gasteiger partial charge in [0.2, 0.25) is 0 Å². The van der Waals surface area contributed by atoms with Crippen LogP contribution in [0.3, 0.4) is 0 Å². The number of ether oxygens (including phenoxy) is 1. The normalized spacial score (nSPS) is 14.7. The van der Waals surface area contributed by atoms with Gasteiger partial charge in [-0.3, -0.25) is 0 Å². The number of halogens is 2.